The van der Waals surface area contributed by atoms with E-state index in [1.807, 2.05) is 31.2 Å². The summed E-state index contributed by atoms with van der Waals surface area (Å²) in [7, 11) is 0. The number of rotatable bonds is 4. The Balaban J connectivity index is 2.54. The van der Waals surface area contributed by atoms with Gasteiger partial charge in [0, 0.05) is 9.90 Å². The molecule has 0 unspecified atom stereocenters. The van der Waals surface area contributed by atoms with Crippen LogP contribution in [0, 0.1) is 0 Å². The Morgan fingerprint density at radius 3 is 2.75 bits per heavy atom. The fraction of sp³-hybridized carbons (Fsp3) is 0.267. The first kappa shape index (κ1) is 14.9. The van der Waals surface area contributed by atoms with E-state index in [2.05, 4.69) is 0 Å². The Hall–Kier alpha value is -1.52. The molecule has 0 aliphatic heterocycles. The van der Waals surface area contributed by atoms with E-state index < -0.39 is 0 Å². The third-order valence-electron chi connectivity index (χ3n) is 2.95. The molecule has 0 saturated carbocycles. The van der Waals surface area contributed by atoms with Crippen LogP contribution in [0.15, 0.2) is 24.3 Å². The minimum Gasteiger partial charge on any atom is -0.462 e. The van der Waals surface area contributed by atoms with E-state index in [4.69, 9.17) is 22.1 Å². The maximum atomic E-state index is 11.9. The Morgan fingerprint density at radius 2 is 2.15 bits per heavy atom. The minimum atomic E-state index is -0.363. The van der Waals surface area contributed by atoms with Crippen LogP contribution in [-0.4, -0.2) is 12.6 Å². The fourth-order valence-corrected chi connectivity index (χ4v) is 3.43. The van der Waals surface area contributed by atoms with Crippen molar-refractivity contribution in [3.63, 3.8) is 0 Å². The second-order valence-electron chi connectivity index (χ2n) is 4.24. The normalized spacial score (nSPS) is 10.6. The summed E-state index contributed by atoms with van der Waals surface area (Å²) in [5.74, 6) is -0.363. The monoisotopic (exact) mass is 309 g/mol. The Kier molecular flexibility index (Phi) is 4.68. The summed E-state index contributed by atoms with van der Waals surface area (Å²) < 4.78 is 5.05. The van der Waals surface area contributed by atoms with Crippen LogP contribution in [0.25, 0.3) is 10.4 Å². The van der Waals surface area contributed by atoms with Gasteiger partial charge in [-0.2, -0.15) is 0 Å². The van der Waals surface area contributed by atoms with E-state index in [0.717, 1.165) is 22.4 Å². The van der Waals surface area contributed by atoms with Crippen LogP contribution < -0.4 is 5.73 Å². The largest absolute Gasteiger partial charge is 0.462 e. The van der Waals surface area contributed by atoms with E-state index >= 15 is 0 Å². The number of esters is 1. The van der Waals surface area contributed by atoms with Crippen LogP contribution in [0.1, 0.15) is 29.1 Å². The van der Waals surface area contributed by atoms with E-state index in [1.54, 1.807) is 6.92 Å². The number of halogens is 1. The van der Waals surface area contributed by atoms with Crippen molar-refractivity contribution in [2.45, 2.75) is 20.3 Å². The molecule has 0 amide bonds. The average Bonchev–Trinajstić information content (AvgIpc) is 2.76. The number of anilines is 1. The first-order chi connectivity index (χ1) is 9.58. The lowest BCUT2D eigenvalue weighted by Gasteiger charge is -2.03. The number of ether oxygens (including phenoxy) is 1. The number of thiophene rings is 1. The predicted molar refractivity (Wildman–Crippen MR) is 84.5 cm³/mol. The predicted octanol–water partition coefficient (Wildman–Crippen LogP) is 4.39. The van der Waals surface area contributed by atoms with Gasteiger partial charge in [-0.25, -0.2) is 4.79 Å². The molecule has 106 valence electrons. The van der Waals surface area contributed by atoms with Gasteiger partial charge in [-0.3, -0.25) is 0 Å². The van der Waals surface area contributed by atoms with Crippen LogP contribution in [0.3, 0.4) is 0 Å². The molecule has 2 rings (SSSR count). The standard InChI is InChI=1S/C15H16ClNO2S/c1-3-11-12(17)14(15(18)19-4-2)20-13(11)9-6-5-7-10(16)8-9/h5-8H,3-4,17H2,1-2H3. The maximum Gasteiger partial charge on any atom is 0.350 e. The quantitative estimate of drug-likeness (QED) is 0.852. The highest BCUT2D eigenvalue weighted by Crippen LogP contribution is 2.40. The lowest BCUT2D eigenvalue weighted by molar-refractivity contribution is 0.0533. The van der Waals surface area contributed by atoms with Gasteiger partial charge in [0.1, 0.15) is 4.88 Å². The lowest BCUT2D eigenvalue weighted by atomic mass is 10.1. The van der Waals surface area contributed by atoms with E-state index in [-0.39, 0.29) is 5.97 Å². The molecular formula is C15H16ClNO2S. The van der Waals surface area contributed by atoms with Crippen molar-refractivity contribution in [3.05, 3.63) is 39.7 Å². The molecule has 0 fully saturated rings. The van der Waals surface area contributed by atoms with E-state index in [0.29, 0.717) is 22.2 Å². The van der Waals surface area contributed by atoms with Crippen molar-refractivity contribution in [2.75, 3.05) is 12.3 Å². The molecule has 1 aromatic heterocycles. The molecule has 5 heteroatoms. The number of hydrogen-bond donors (Lipinski definition) is 1. The first-order valence-corrected chi connectivity index (χ1v) is 7.62. The van der Waals surface area contributed by atoms with Gasteiger partial charge in [-0.1, -0.05) is 30.7 Å². The number of carbonyl (C=O) groups excluding carboxylic acids is 1. The summed E-state index contributed by atoms with van der Waals surface area (Å²) in [6.45, 7) is 4.13. The zero-order chi connectivity index (χ0) is 14.7. The molecule has 0 aliphatic carbocycles. The molecule has 2 N–H and O–H groups in total. The van der Waals surface area contributed by atoms with Gasteiger partial charge in [-0.15, -0.1) is 11.3 Å². The molecule has 0 spiro atoms. The number of nitrogen functional groups attached to an aromatic ring is 1. The van der Waals surface area contributed by atoms with Crippen molar-refractivity contribution < 1.29 is 9.53 Å². The van der Waals surface area contributed by atoms with Gasteiger partial charge in [-0.05, 0) is 36.6 Å². The molecule has 20 heavy (non-hydrogen) atoms. The molecule has 0 aliphatic rings. The van der Waals surface area contributed by atoms with Gasteiger partial charge >= 0.3 is 5.97 Å². The van der Waals surface area contributed by atoms with Crippen molar-refractivity contribution in [3.8, 4) is 10.4 Å². The maximum absolute atomic E-state index is 11.9. The van der Waals surface area contributed by atoms with Gasteiger partial charge in [0.2, 0.25) is 0 Å². The van der Waals surface area contributed by atoms with Gasteiger partial charge in [0.15, 0.2) is 0 Å². The zero-order valence-electron chi connectivity index (χ0n) is 11.4. The molecule has 0 bridgehead atoms. The number of hydrogen-bond acceptors (Lipinski definition) is 4. The van der Waals surface area contributed by atoms with Crippen LogP contribution in [0.4, 0.5) is 5.69 Å². The molecule has 0 atom stereocenters. The summed E-state index contributed by atoms with van der Waals surface area (Å²) >= 11 is 7.39. The molecule has 2 aromatic rings. The number of benzene rings is 1. The molecule has 0 saturated heterocycles. The van der Waals surface area contributed by atoms with Crippen LogP contribution >= 0.6 is 22.9 Å². The van der Waals surface area contributed by atoms with Crippen molar-refractivity contribution in [1.29, 1.82) is 0 Å². The highest BCUT2D eigenvalue weighted by atomic mass is 35.5. The topological polar surface area (TPSA) is 52.3 Å². The number of carbonyl (C=O) groups is 1. The van der Waals surface area contributed by atoms with Gasteiger partial charge in [0.05, 0.1) is 12.3 Å². The van der Waals surface area contributed by atoms with Gasteiger partial charge in [0.25, 0.3) is 0 Å². The molecule has 1 aromatic carbocycles. The Labute approximate surface area is 127 Å². The Morgan fingerprint density at radius 1 is 1.40 bits per heavy atom. The summed E-state index contributed by atoms with van der Waals surface area (Å²) in [5.41, 5.74) is 8.56. The second-order valence-corrected chi connectivity index (χ2v) is 5.69. The highest BCUT2D eigenvalue weighted by molar-refractivity contribution is 7.18. The first-order valence-electron chi connectivity index (χ1n) is 6.42. The van der Waals surface area contributed by atoms with E-state index in [1.165, 1.54) is 11.3 Å². The second kappa shape index (κ2) is 6.29. The molecular weight excluding hydrogens is 294 g/mol. The number of nitrogens with two attached hydrogens (primary N) is 1. The zero-order valence-corrected chi connectivity index (χ0v) is 13.0. The minimum absolute atomic E-state index is 0.337. The van der Waals surface area contributed by atoms with Crippen molar-refractivity contribution in [2.24, 2.45) is 0 Å². The molecule has 3 nitrogen and oxygen atoms in total. The van der Waals surface area contributed by atoms with Crippen molar-refractivity contribution >= 4 is 34.6 Å². The molecule has 1 heterocycles. The lowest BCUT2D eigenvalue weighted by Crippen LogP contribution is -2.05. The summed E-state index contributed by atoms with van der Waals surface area (Å²) in [5, 5.41) is 0.661. The smallest absolute Gasteiger partial charge is 0.350 e. The highest BCUT2D eigenvalue weighted by Gasteiger charge is 2.21. The fourth-order valence-electron chi connectivity index (χ4n) is 2.04. The third kappa shape index (κ3) is 2.81. The Bertz CT molecular complexity index is 637. The van der Waals surface area contributed by atoms with Crippen LogP contribution in [-0.2, 0) is 11.2 Å². The van der Waals surface area contributed by atoms with Crippen LogP contribution in [0.5, 0.6) is 0 Å². The molecule has 0 radical (unpaired) electrons. The SMILES string of the molecule is CCOC(=O)c1sc(-c2cccc(Cl)c2)c(CC)c1N. The third-order valence-corrected chi connectivity index (χ3v) is 4.46. The van der Waals surface area contributed by atoms with Crippen LogP contribution in [0.2, 0.25) is 5.02 Å². The van der Waals surface area contributed by atoms with Crippen molar-refractivity contribution in [1.82, 2.24) is 0 Å². The van der Waals surface area contributed by atoms with E-state index in [9.17, 15) is 4.79 Å². The summed E-state index contributed by atoms with van der Waals surface area (Å²) in [6.07, 6.45) is 0.754. The average molecular weight is 310 g/mol. The summed E-state index contributed by atoms with van der Waals surface area (Å²) in [6, 6.07) is 7.54. The summed E-state index contributed by atoms with van der Waals surface area (Å²) in [4.78, 5) is 13.4. The van der Waals surface area contributed by atoms with Gasteiger partial charge < -0.3 is 10.5 Å².